The summed E-state index contributed by atoms with van der Waals surface area (Å²) in [7, 11) is 1.32. The highest BCUT2D eigenvalue weighted by Gasteiger charge is 2.26. The second-order valence-corrected chi connectivity index (χ2v) is 9.56. The summed E-state index contributed by atoms with van der Waals surface area (Å²) in [6.45, 7) is 3.27. The SMILES string of the molecule is COC(=O)CCC(=O)N1CCC(c2nc(C(=O)Nc3ccc(C)cc3-c3ccccc3)cs2)CC1. The second-order valence-electron chi connectivity index (χ2n) is 8.67. The number of hydrogen-bond donors (Lipinski definition) is 1. The van der Waals surface area contributed by atoms with Gasteiger partial charge in [0.05, 0.1) is 18.5 Å². The molecule has 4 rings (SSSR count). The average molecular weight is 492 g/mol. The van der Waals surface area contributed by atoms with Crippen molar-refractivity contribution >= 4 is 34.8 Å². The molecule has 1 fully saturated rings. The molecule has 0 radical (unpaired) electrons. The summed E-state index contributed by atoms with van der Waals surface area (Å²) in [5.41, 5.74) is 4.28. The molecule has 0 saturated carbocycles. The Balaban J connectivity index is 1.37. The fourth-order valence-electron chi connectivity index (χ4n) is 4.23. The number of carbonyl (C=O) groups is 3. The molecule has 1 saturated heterocycles. The number of esters is 1. The van der Waals surface area contributed by atoms with E-state index < -0.39 is 0 Å². The fraction of sp³-hybridized carbons (Fsp3) is 0.333. The average Bonchev–Trinajstić information content (AvgIpc) is 3.39. The summed E-state index contributed by atoms with van der Waals surface area (Å²) in [5, 5.41) is 5.75. The number of nitrogens with one attached hydrogen (secondary N) is 1. The van der Waals surface area contributed by atoms with E-state index in [-0.39, 0.29) is 36.5 Å². The third kappa shape index (κ3) is 6.14. The molecule has 182 valence electrons. The summed E-state index contributed by atoms with van der Waals surface area (Å²) in [6.07, 6.45) is 1.85. The third-order valence-corrected chi connectivity index (χ3v) is 7.24. The van der Waals surface area contributed by atoms with Crippen LogP contribution in [0.5, 0.6) is 0 Å². The summed E-state index contributed by atoms with van der Waals surface area (Å²) in [4.78, 5) is 43.1. The van der Waals surface area contributed by atoms with Crippen molar-refractivity contribution in [2.24, 2.45) is 0 Å². The van der Waals surface area contributed by atoms with Crippen LogP contribution in [0.2, 0.25) is 0 Å². The molecule has 1 aliphatic rings. The molecule has 35 heavy (non-hydrogen) atoms. The van der Waals surface area contributed by atoms with Gasteiger partial charge in [-0.2, -0.15) is 0 Å². The zero-order valence-corrected chi connectivity index (χ0v) is 20.8. The Morgan fingerprint density at radius 2 is 1.83 bits per heavy atom. The van der Waals surface area contributed by atoms with Crippen molar-refractivity contribution in [1.29, 1.82) is 0 Å². The van der Waals surface area contributed by atoms with E-state index in [0.717, 1.165) is 40.2 Å². The van der Waals surface area contributed by atoms with Gasteiger partial charge in [0.25, 0.3) is 5.91 Å². The molecule has 2 heterocycles. The number of piperidine rings is 1. The Labute approximate surface area is 209 Å². The van der Waals surface area contributed by atoms with Gasteiger partial charge in [0.2, 0.25) is 5.91 Å². The van der Waals surface area contributed by atoms with Crippen LogP contribution in [0.1, 0.15) is 52.7 Å². The van der Waals surface area contributed by atoms with Crippen LogP contribution in [0.25, 0.3) is 11.1 Å². The summed E-state index contributed by atoms with van der Waals surface area (Å²) in [5.74, 6) is -0.418. The Hall–Kier alpha value is -3.52. The van der Waals surface area contributed by atoms with E-state index in [1.807, 2.05) is 49.4 Å². The molecule has 2 amide bonds. The molecule has 3 aromatic rings. The molecular weight excluding hydrogens is 462 g/mol. The van der Waals surface area contributed by atoms with Gasteiger partial charge in [0.15, 0.2) is 0 Å². The number of methoxy groups -OCH3 is 1. The van der Waals surface area contributed by atoms with Crippen molar-refractivity contribution in [2.45, 2.75) is 38.5 Å². The van der Waals surface area contributed by atoms with Crippen LogP contribution in [0.3, 0.4) is 0 Å². The first kappa shape index (κ1) is 24.6. The molecule has 0 aliphatic carbocycles. The highest BCUT2D eigenvalue weighted by atomic mass is 32.1. The lowest BCUT2D eigenvalue weighted by atomic mass is 9.97. The number of amides is 2. The van der Waals surface area contributed by atoms with Crippen LogP contribution in [-0.2, 0) is 14.3 Å². The van der Waals surface area contributed by atoms with E-state index in [4.69, 9.17) is 0 Å². The van der Waals surface area contributed by atoms with Gasteiger partial charge in [0.1, 0.15) is 5.69 Å². The molecule has 8 heteroatoms. The number of hydrogen-bond acceptors (Lipinski definition) is 6. The van der Waals surface area contributed by atoms with E-state index in [0.29, 0.717) is 18.8 Å². The van der Waals surface area contributed by atoms with Crippen LogP contribution < -0.4 is 5.32 Å². The van der Waals surface area contributed by atoms with Crippen molar-refractivity contribution < 1.29 is 19.1 Å². The number of carbonyl (C=O) groups excluding carboxylic acids is 3. The molecule has 7 nitrogen and oxygen atoms in total. The molecule has 0 spiro atoms. The lowest BCUT2D eigenvalue weighted by molar-refractivity contribution is -0.143. The number of aromatic nitrogens is 1. The van der Waals surface area contributed by atoms with Crippen LogP contribution in [0.15, 0.2) is 53.9 Å². The first-order valence-corrected chi connectivity index (χ1v) is 12.6. The van der Waals surface area contributed by atoms with Gasteiger partial charge in [0, 0.05) is 42.1 Å². The molecule has 1 N–H and O–H groups in total. The van der Waals surface area contributed by atoms with Crippen molar-refractivity contribution in [3.63, 3.8) is 0 Å². The van der Waals surface area contributed by atoms with Gasteiger partial charge < -0.3 is 15.0 Å². The third-order valence-electron chi connectivity index (χ3n) is 6.23. The Kier molecular flexibility index (Phi) is 7.92. The second kappa shape index (κ2) is 11.3. The first-order valence-electron chi connectivity index (χ1n) is 11.7. The van der Waals surface area contributed by atoms with Gasteiger partial charge in [-0.3, -0.25) is 14.4 Å². The predicted octanol–water partition coefficient (Wildman–Crippen LogP) is 5.03. The molecule has 0 unspecified atom stereocenters. The maximum absolute atomic E-state index is 13.0. The lowest BCUT2D eigenvalue weighted by Gasteiger charge is -2.31. The minimum Gasteiger partial charge on any atom is -0.469 e. The van der Waals surface area contributed by atoms with Gasteiger partial charge in [-0.25, -0.2) is 4.98 Å². The zero-order valence-electron chi connectivity index (χ0n) is 20.0. The summed E-state index contributed by atoms with van der Waals surface area (Å²) in [6, 6.07) is 16.0. The lowest BCUT2D eigenvalue weighted by Crippen LogP contribution is -2.38. The van der Waals surface area contributed by atoms with E-state index in [9.17, 15) is 14.4 Å². The Morgan fingerprint density at radius 1 is 1.09 bits per heavy atom. The standard InChI is InChI=1S/C27H29N3O4S/c1-18-8-9-22(21(16-18)19-6-4-3-5-7-19)28-26(33)23-17-35-27(29-23)20-12-14-30(15-13-20)24(31)10-11-25(32)34-2/h3-9,16-17,20H,10-15H2,1-2H3,(H,28,33). The molecule has 1 aromatic heterocycles. The summed E-state index contributed by atoms with van der Waals surface area (Å²) < 4.78 is 4.61. The number of anilines is 1. The zero-order chi connectivity index (χ0) is 24.8. The minimum absolute atomic E-state index is 0.0274. The number of likely N-dealkylation sites (tertiary alicyclic amines) is 1. The fourth-order valence-corrected chi connectivity index (χ4v) is 5.21. The molecule has 1 aliphatic heterocycles. The largest absolute Gasteiger partial charge is 0.469 e. The van der Waals surface area contributed by atoms with Crippen molar-refractivity contribution in [1.82, 2.24) is 9.88 Å². The maximum Gasteiger partial charge on any atom is 0.306 e. The van der Waals surface area contributed by atoms with E-state index in [2.05, 4.69) is 21.1 Å². The van der Waals surface area contributed by atoms with Gasteiger partial charge in [-0.05, 0) is 37.5 Å². The highest BCUT2D eigenvalue weighted by molar-refractivity contribution is 7.10. The number of aryl methyl sites for hydroxylation is 1. The van der Waals surface area contributed by atoms with Crippen LogP contribution in [0, 0.1) is 6.92 Å². The summed E-state index contributed by atoms with van der Waals surface area (Å²) >= 11 is 1.49. The normalized spacial score (nSPS) is 13.9. The monoisotopic (exact) mass is 491 g/mol. The number of rotatable bonds is 7. The van der Waals surface area contributed by atoms with E-state index in [1.54, 1.807) is 10.3 Å². The van der Waals surface area contributed by atoms with E-state index in [1.165, 1.54) is 18.4 Å². The Morgan fingerprint density at radius 3 is 2.54 bits per heavy atom. The van der Waals surface area contributed by atoms with Crippen LogP contribution in [-0.4, -0.2) is 47.9 Å². The van der Waals surface area contributed by atoms with E-state index >= 15 is 0 Å². The van der Waals surface area contributed by atoms with Crippen molar-refractivity contribution in [3.8, 4) is 11.1 Å². The predicted molar refractivity (Wildman–Crippen MR) is 136 cm³/mol. The number of ether oxygens (including phenoxy) is 1. The topological polar surface area (TPSA) is 88.6 Å². The maximum atomic E-state index is 13.0. The van der Waals surface area contributed by atoms with Crippen molar-refractivity contribution in [3.05, 3.63) is 70.2 Å². The molecule has 2 aromatic carbocycles. The van der Waals surface area contributed by atoms with Crippen LogP contribution in [0.4, 0.5) is 5.69 Å². The molecule has 0 atom stereocenters. The van der Waals surface area contributed by atoms with Gasteiger partial charge >= 0.3 is 5.97 Å². The molecule has 0 bridgehead atoms. The Bertz CT molecular complexity index is 1200. The van der Waals surface area contributed by atoms with Gasteiger partial charge in [-0.1, -0.05) is 42.0 Å². The van der Waals surface area contributed by atoms with Crippen molar-refractivity contribution in [2.75, 3.05) is 25.5 Å². The quantitative estimate of drug-likeness (QED) is 0.468. The highest BCUT2D eigenvalue weighted by Crippen LogP contribution is 2.32. The number of benzene rings is 2. The molecular formula is C27H29N3O4S. The van der Waals surface area contributed by atoms with Gasteiger partial charge in [-0.15, -0.1) is 11.3 Å². The first-order chi connectivity index (χ1) is 16.9. The smallest absolute Gasteiger partial charge is 0.306 e. The number of nitrogens with zero attached hydrogens (tertiary/aromatic N) is 2. The minimum atomic E-state index is -0.372. The number of thiazole rings is 1. The van der Waals surface area contributed by atoms with Crippen LogP contribution >= 0.6 is 11.3 Å².